The summed E-state index contributed by atoms with van der Waals surface area (Å²) in [6.07, 6.45) is 2.08. The molecule has 25 heavy (non-hydrogen) atoms. The first-order valence-electron chi connectivity index (χ1n) is 8.85. The van der Waals surface area contributed by atoms with E-state index < -0.39 is 0 Å². The molecule has 0 radical (unpaired) electrons. The third-order valence-electron chi connectivity index (χ3n) is 4.29. The van der Waals surface area contributed by atoms with Crippen LogP contribution < -0.4 is 10.1 Å². The predicted octanol–water partition coefficient (Wildman–Crippen LogP) is 3.80. The van der Waals surface area contributed by atoms with Gasteiger partial charge in [-0.15, -0.1) is 0 Å². The standard InChI is InChI=1S/C20H27N3O2/c1-5-25-16-10-8-15(9-11-16)18-17-7-6-12-22(17)13-14-23(18)19(24)21-20(2,3)4/h6-12,18H,5,13-14H2,1-4H3,(H,21,24)/t18-/m1/s1. The molecule has 0 spiro atoms. The number of carbonyl (C=O) groups excluding carboxylic acids is 1. The average Bonchev–Trinajstić information content (AvgIpc) is 3.02. The van der Waals surface area contributed by atoms with Gasteiger partial charge in [0.1, 0.15) is 5.75 Å². The van der Waals surface area contributed by atoms with Crippen molar-refractivity contribution < 1.29 is 9.53 Å². The zero-order valence-corrected chi connectivity index (χ0v) is 15.5. The van der Waals surface area contributed by atoms with Gasteiger partial charge in [-0.05, 0) is 57.5 Å². The summed E-state index contributed by atoms with van der Waals surface area (Å²) in [4.78, 5) is 14.8. The topological polar surface area (TPSA) is 46.5 Å². The summed E-state index contributed by atoms with van der Waals surface area (Å²) in [5.74, 6) is 0.850. The van der Waals surface area contributed by atoms with Crippen LogP contribution in [-0.2, 0) is 6.54 Å². The average molecular weight is 341 g/mol. The summed E-state index contributed by atoms with van der Waals surface area (Å²) >= 11 is 0. The van der Waals surface area contributed by atoms with E-state index in [9.17, 15) is 4.79 Å². The summed E-state index contributed by atoms with van der Waals surface area (Å²) in [5, 5.41) is 3.10. The quantitative estimate of drug-likeness (QED) is 0.923. The highest BCUT2D eigenvalue weighted by Gasteiger charge is 2.33. The third-order valence-corrected chi connectivity index (χ3v) is 4.29. The lowest BCUT2D eigenvalue weighted by Gasteiger charge is -2.39. The van der Waals surface area contributed by atoms with Crippen LogP contribution in [-0.4, -0.2) is 34.2 Å². The number of urea groups is 1. The molecular weight excluding hydrogens is 314 g/mol. The Bertz CT molecular complexity index is 728. The zero-order valence-electron chi connectivity index (χ0n) is 15.5. The van der Waals surface area contributed by atoms with Crippen molar-refractivity contribution in [2.75, 3.05) is 13.2 Å². The number of nitrogens with zero attached hydrogens (tertiary/aromatic N) is 2. The molecule has 1 atom stereocenters. The first-order valence-corrected chi connectivity index (χ1v) is 8.85. The largest absolute Gasteiger partial charge is 0.494 e. The van der Waals surface area contributed by atoms with Crippen LogP contribution in [0, 0.1) is 0 Å². The van der Waals surface area contributed by atoms with E-state index in [1.54, 1.807) is 0 Å². The van der Waals surface area contributed by atoms with Gasteiger partial charge < -0.3 is 19.5 Å². The zero-order chi connectivity index (χ0) is 18.0. The molecule has 0 saturated carbocycles. The van der Waals surface area contributed by atoms with Crippen molar-refractivity contribution in [1.29, 1.82) is 0 Å². The normalized spacial score (nSPS) is 17.1. The summed E-state index contributed by atoms with van der Waals surface area (Å²) < 4.78 is 7.77. The van der Waals surface area contributed by atoms with Crippen LogP contribution in [0.15, 0.2) is 42.6 Å². The van der Waals surface area contributed by atoms with Gasteiger partial charge in [-0.25, -0.2) is 4.79 Å². The Morgan fingerprint density at radius 1 is 1.20 bits per heavy atom. The van der Waals surface area contributed by atoms with E-state index in [-0.39, 0.29) is 17.6 Å². The molecule has 0 unspecified atom stereocenters. The molecule has 0 saturated heterocycles. The lowest BCUT2D eigenvalue weighted by Crippen LogP contribution is -2.52. The number of hydrogen-bond donors (Lipinski definition) is 1. The second-order valence-electron chi connectivity index (χ2n) is 7.40. The number of rotatable bonds is 3. The minimum absolute atomic E-state index is 0.0289. The monoisotopic (exact) mass is 341 g/mol. The highest BCUT2D eigenvalue weighted by atomic mass is 16.5. The molecule has 0 bridgehead atoms. The number of amides is 2. The van der Waals surface area contributed by atoms with Crippen molar-refractivity contribution in [3.8, 4) is 5.75 Å². The molecule has 2 heterocycles. The number of ether oxygens (including phenoxy) is 1. The molecule has 2 aromatic rings. The fraction of sp³-hybridized carbons (Fsp3) is 0.450. The van der Waals surface area contributed by atoms with Crippen molar-refractivity contribution in [3.05, 3.63) is 53.9 Å². The van der Waals surface area contributed by atoms with Crippen LogP contribution in [0.2, 0.25) is 0 Å². The van der Waals surface area contributed by atoms with E-state index in [0.29, 0.717) is 13.2 Å². The lowest BCUT2D eigenvalue weighted by atomic mass is 10.00. The maximum absolute atomic E-state index is 12.9. The molecule has 3 rings (SSSR count). The van der Waals surface area contributed by atoms with Gasteiger partial charge in [-0.1, -0.05) is 12.1 Å². The smallest absolute Gasteiger partial charge is 0.318 e. The number of benzene rings is 1. The SMILES string of the molecule is CCOc1ccc([C@@H]2c3cccn3CCN2C(=O)NC(C)(C)C)cc1. The van der Waals surface area contributed by atoms with Crippen LogP contribution in [0.25, 0.3) is 0 Å². The van der Waals surface area contributed by atoms with Crippen molar-refractivity contribution in [3.63, 3.8) is 0 Å². The summed E-state index contributed by atoms with van der Waals surface area (Å²) in [5.41, 5.74) is 1.96. The minimum atomic E-state index is -0.264. The number of nitrogens with one attached hydrogen (secondary N) is 1. The molecular formula is C20H27N3O2. The molecule has 5 nitrogen and oxygen atoms in total. The van der Waals surface area contributed by atoms with Crippen LogP contribution in [0.3, 0.4) is 0 Å². The summed E-state index contributed by atoms with van der Waals surface area (Å²) in [6, 6.07) is 12.1. The number of carbonyl (C=O) groups is 1. The van der Waals surface area contributed by atoms with Crippen LogP contribution in [0.1, 0.15) is 45.0 Å². The molecule has 0 fully saturated rings. The van der Waals surface area contributed by atoms with Crippen molar-refractivity contribution in [1.82, 2.24) is 14.8 Å². The van der Waals surface area contributed by atoms with Gasteiger partial charge in [-0.3, -0.25) is 0 Å². The Morgan fingerprint density at radius 3 is 2.56 bits per heavy atom. The van der Waals surface area contributed by atoms with Gasteiger partial charge in [0.2, 0.25) is 0 Å². The van der Waals surface area contributed by atoms with Gasteiger partial charge in [0.05, 0.1) is 12.6 Å². The van der Waals surface area contributed by atoms with Crippen molar-refractivity contribution >= 4 is 6.03 Å². The predicted molar refractivity (Wildman–Crippen MR) is 98.9 cm³/mol. The third kappa shape index (κ3) is 3.81. The summed E-state index contributed by atoms with van der Waals surface area (Å²) in [6.45, 7) is 10.1. The second-order valence-corrected chi connectivity index (χ2v) is 7.40. The molecule has 1 aliphatic heterocycles. The fourth-order valence-corrected chi connectivity index (χ4v) is 3.26. The highest BCUT2D eigenvalue weighted by molar-refractivity contribution is 5.76. The van der Waals surface area contributed by atoms with Crippen molar-refractivity contribution in [2.24, 2.45) is 0 Å². The molecule has 1 aromatic heterocycles. The maximum atomic E-state index is 12.9. The molecule has 2 amide bonds. The van der Waals surface area contributed by atoms with Gasteiger partial charge in [0.15, 0.2) is 0 Å². The van der Waals surface area contributed by atoms with Gasteiger partial charge in [-0.2, -0.15) is 0 Å². The van der Waals surface area contributed by atoms with Crippen LogP contribution in [0.5, 0.6) is 5.75 Å². The molecule has 0 aliphatic carbocycles. The van der Waals surface area contributed by atoms with Crippen LogP contribution >= 0.6 is 0 Å². The Balaban J connectivity index is 1.94. The van der Waals surface area contributed by atoms with Gasteiger partial charge in [0.25, 0.3) is 0 Å². The lowest BCUT2D eigenvalue weighted by molar-refractivity contribution is 0.161. The fourth-order valence-electron chi connectivity index (χ4n) is 3.26. The van der Waals surface area contributed by atoms with E-state index in [1.165, 1.54) is 0 Å². The first kappa shape index (κ1) is 17.4. The van der Waals surface area contributed by atoms with E-state index in [2.05, 4.69) is 34.3 Å². The van der Waals surface area contributed by atoms with E-state index in [0.717, 1.165) is 23.6 Å². The molecule has 5 heteroatoms. The van der Waals surface area contributed by atoms with Crippen molar-refractivity contribution in [2.45, 2.75) is 45.8 Å². The number of hydrogen-bond acceptors (Lipinski definition) is 2. The Labute approximate surface area is 149 Å². The van der Waals surface area contributed by atoms with Gasteiger partial charge >= 0.3 is 6.03 Å². The van der Waals surface area contributed by atoms with E-state index in [1.807, 2.05) is 50.8 Å². The molecule has 1 aliphatic rings. The molecule has 1 N–H and O–H groups in total. The van der Waals surface area contributed by atoms with E-state index in [4.69, 9.17) is 4.74 Å². The Kier molecular flexibility index (Phi) is 4.75. The number of aromatic nitrogens is 1. The Hall–Kier alpha value is -2.43. The second kappa shape index (κ2) is 6.82. The van der Waals surface area contributed by atoms with Gasteiger partial charge in [0, 0.05) is 30.5 Å². The van der Waals surface area contributed by atoms with Crippen LogP contribution in [0.4, 0.5) is 4.79 Å². The highest BCUT2D eigenvalue weighted by Crippen LogP contribution is 2.33. The molecule has 134 valence electrons. The summed E-state index contributed by atoms with van der Waals surface area (Å²) in [7, 11) is 0. The number of fused-ring (bicyclic) bond motifs is 1. The minimum Gasteiger partial charge on any atom is -0.494 e. The van der Waals surface area contributed by atoms with E-state index >= 15 is 0 Å². The first-order chi connectivity index (χ1) is 11.9. The maximum Gasteiger partial charge on any atom is 0.318 e. The molecule has 1 aromatic carbocycles. The Morgan fingerprint density at radius 2 is 1.92 bits per heavy atom.